The molecule has 1 fully saturated rings. The van der Waals surface area contributed by atoms with Crippen molar-refractivity contribution in [2.24, 2.45) is 0 Å². The Morgan fingerprint density at radius 1 is 1.23 bits per heavy atom. The van der Waals surface area contributed by atoms with Gasteiger partial charge in [-0.15, -0.1) is 0 Å². The summed E-state index contributed by atoms with van der Waals surface area (Å²) in [5.74, 6) is 0.598. The first-order valence-corrected chi connectivity index (χ1v) is 7.75. The summed E-state index contributed by atoms with van der Waals surface area (Å²) in [5.41, 5.74) is 0.516. The molecule has 0 unspecified atom stereocenters. The van der Waals surface area contributed by atoms with E-state index in [4.69, 9.17) is 0 Å². The van der Waals surface area contributed by atoms with Crippen molar-refractivity contribution in [2.45, 2.75) is 6.42 Å². The van der Waals surface area contributed by atoms with E-state index in [1.165, 1.54) is 0 Å². The molecule has 1 aromatic heterocycles. The third-order valence-corrected chi connectivity index (χ3v) is 3.75. The molecule has 1 saturated heterocycles. The first kappa shape index (κ1) is 16.6. The van der Waals surface area contributed by atoms with Crippen molar-refractivity contribution >= 4 is 11.9 Å². The molecule has 0 atom stereocenters. The number of hydrogen-bond donors (Lipinski definition) is 1. The van der Waals surface area contributed by atoms with Crippen LogP contribution in [0, 0.1) is 0 Å². The lowest BCUT2D eigenvalue weighted by Crippen LogP contribution is -2.45. The number of piperazine rings is 1. The van der Waals surface area contributed by atoms with Crippen molar-refractivity contribution in [1.82, 2.24) is 25.1 Å². The zero-order valence-electron chi connectivity index (χ0n) is 13.7. The van der Waals surface area contributed by atoms with Crippen LogP contribution in [-0.4, -0.2) is 86.1 Å². The highest BCUT2D eigenvalue weighted by atomic mass is 16.1. The van der Waals surface area contributed by atoms with Gasteiger partial charge in [-0.3, -0.25) is 4.79 Å². The number of amides is 1. The third-order valence-electron chi connectivity index (χ3n) is 3.75. The van der Waals surface area contributed by atoms with Crippen LogP contribution in [0.4, 0.5) is 5.95 Å². The molecule has 0 aromatic carbocycles. The highest BCUT2D eigenvalue weighted by Gasteiger charge is 2.16. The van der Waals surface area contributed by atoms with Crippen LogP contribution in [0.25, 0.3) is 0 Å². The second kappa shape index (κ2) is 8.05. The molecular weight excluding hydrogens is 280 g/mol. The van der Waals surface area contributed by atoms with Crippen molar-refractivity contribution in [2.75, 3.05) is 65.3 Å². The Kier molecular flexibility index (Phi) is 6.09. The summed E-state index contributed by atoms with van der Waals surface area (Å²) in [6.07, 6.45) is 4.16. The summed E-state index contributed by atoms with van der Waals surface area (Å²) in [5, 5.41) is 2.89. The quantitative estimate of drug-likeness (QED) is 0.741. The number of nitrogens with one attached hydrogen (secondary N) is 1. The normalized spacial score (nSPS) is 16.1. The van der Waals surface area contributed by atoms with E-state index < -0.39 is 0 Å². The molecule has 1 amide bonds. The molecule has 0 radical (unpaired) electrons. The van der Waals surface area contributed by atoms with Gasteiger partial charge in [0, 0.05) is 45.1 Å². The maximum absolute atomic E-state index is 12.0. The number of anilines is 1. The van der Waals surface area contributed by atoms with Gasteiger partial charge in [-0.25, -0.2) is 9.97 Å². The predicted octanol–water partition coefficient (Wildman–Crippen LogP) is -0.0901. The van der Waals surface area contributed by atoms with Crippen LogP contribution in [0.2, 0.25) is 0 Å². The van der Waals surface area contributed by atoms with Crippen LogP contribution >= 0.6 is 0 Å². The number of carbonyl (C=O) groups excluding carboxylic acids is 1. The lowest BCUT2D eigenvalue weighted by Gasteiger charge is -2.32. The van der Waals surface area contributed by atoms with Gasteiger partial charge in [0.1, 0.15) is 0 Å². The van der Waals surface area contributed by atoms with E-state index in [1.807, 2.05) is 14.1 Å². The zero-order chi connectivity index (χ0) is 15.9. The zero-order valence-corrected chi connectivity index (χ0v) is 13.7. The minimum absolute atomic E-state index is 0.108. The van der Waals surface area contributed by atoms with Gasteiger partial charge in [0.25, 0.3) is 5.91 Å². The molecule has 0 bridgehead atoms. The topological polar surface area (TPSA) is 64.6 Å². The number of nitrogens with zero attached hydrogens (tertiary/aromatic N) is 5. The van der Waals surface area contributed by atoms with Crippen molar-refractivity contribution in [3.63, 3.8) is 0 Å². The molecule has 1 aromatic rings. The van der Waals surface area contributed by atoms with Crippen molar-refractivity contribution in [1.29, 1.82) is 0 Å². The molecule has 1 N–H and O–H groups in total. The number of carbonyl (C=O) groups is 1. The van der Waals surface area contributed by atoms with Gasteiger partial charge in [-0.05, 0) is 34.1 Å². The van der Waals surface area contributed by atoms with Crippen LogP contribution in [0.5, 0.6) is 0 Å². The summed E-state index contributed by atoms with van der Waals surface area (Å²) < 4.78 is 0. The largest absolute Gasteiger partial charge is 0.352 e. The van der Waals surface area contributed by atoms with Gasteiger partial charge >= 0.3 is 0 Å². The van der Waals surface area contributed by atoms with Crippen molar-refractivity contribution in [3.8, 4) is 0 Å². The smallest absolute Gasteiger partial charge is 0.254 e. The van der Waals surface area contributed by atoms with Gasteiger partial charge in [0.2, 0.25) is 5.95 Å². The van der Waals surface area contributed by atoms with E-state index in [1.54, 1.807) is 12.4 Å². The Morgan fingerprint density at radius 2 is 1.86 bits per heavy atom. The molecule has 1 aliphatic rings. The fourth-order valence-corrected chi connectivity index (χ4v) is 2.31. The standard InChI is InChI=1S/C15H26N6O/c1-19(2)6-4-5-16-14(22)13-11-17-15(18-12-13)21-9-7-20(3)8-10-21/h11-12H,4-10H2,1-3H3,(H,16,22). The number of hydrogen-bond acceptors (Lipinski definition) is 6. The lowest BCUT2D eigenvalue weighted by atomic mass is 10.3. The van der Waals surface area contributed by atoms with Gasteiger partial charge < -0.3 is 20.0 Å². The Labute approximate surface area is 132 Å². The molecule has 2 heterocycles. The molecule has 0 aliphatic carbocycles. The second-order valence-corrected chi connectivity index (χ2v) is 5.97. The van der Waals surface area contributed by atoms with Crippen LogP contribution in [-0.2, 0) is 0 Å². The van der Waals surface area contributed by atoms with Crippen LogP contribution in [0.3, 0.4) is 0 Å². The molecular formula is C15H26N6O. The Bertz CT molecular complexity index is 467. The van der Waals surface area contributed by atoms with E-state index in [-0.39, 0.29) is 5.91 Å². The number of aromatic nitrogens is 2. The van der Waals surface area contributed by atoms with E-state index in [2.05, 4.69) is 37.0 Å². The Balaban J connectivity index is 1.82. The van der Waals surface area contributed by atoms with E-state index in [0.717, 1.165) is 39.1 Å². The van der Waals surface area contributed by atoms with Crippen LogP contribution < -0.4 is 10.2 Å². The maximum atomic E-state index is 12.0. The first-order valence-electron chi connectivity index (χ1n) is 7.75. The van der Waals surface area contributed by atoms with E-state index >= 15 is 0 Å². The number of likely N-dealkylation sites (N-methyl/N-ethyl adjacent to an activating group) is 1. The van der Waals surface area contributed by atoms with Gasteiger partial charge in [0.15, 0.2) is 0 Å². The van der Waals surface area contributed by atoms with Crippen LogP contribution in [0.15, 0.2) is 12.4 Å². The Hall–Kier alpha value is -1.73. The van der Waals surface area contributed by atoms with Gasteiger partial charge in [-0.2, -0.15) is 0 Å². The molecule has 22 heavy (non-hydrogen) atoms. The van der Waals surface area contributed by atoms with Crippen molar-refractivity contribution in [3.05, 3.63) is 18.0 Å². The van der Waals surface area contributed by atoms with E-state index in [9.17, 15) is 4.79 Å². The molecule has 0 saturated carbocycles. The first-order chi connectivity index (χ1) is 10.6. The van der Waals surface area contributed by atoms with Crippen LogP contribution in [0.1, 0.15) is 16.8 Å². The minimum atomic E-state index is -0.108. The average molecular weight is 306 g/mol. The third kappa shape index (κ3) is 4.92. The number of rotatable bonds is 6. The maximum Gasteiger partial charge on any atom is 0.254 e. The molecule has 1 aliphatic heterocycles. The molecule has 122 valence electrons. The Morgan fingerprint density at radius 3 is 2.45 bits per heavy atom. The summed E-state index contributed by atoms with van der Waals surface area (Å²) in [6, 6.07) is 0. The monoisotopic (exact) mass is 306 g/mol. The lowest BCUT2D eigenvalue weighted by molar-refractivity contribution is 0.0951. The highest BCUT2D eigenvalue weighted by molar-refractivity contribution is 5.93. The average Bonchev–Trinajstić information content (AvgIpc) is 2.52. The molecule has 2 rings (SSSR count). The fraction of sp³-hybridized carbons (Fsp3) is 0.667. The molecule has 7 heteroatoms. The molecule has 0 spiro atoms. The SMILES string of the molecule is CN(C)CCCNC(=O)c1cnc(N2CCN(C)CC2)nc1. The summed E-state index contributed by atoms with van der Waals surface area (Å²) in [7, 11) is 6.15. The van der Waals surface area contributed by atoms with Gasteiger partial charge in [-0.1, -0.05) is 0 Å². The summed E-state index contributed by atoms with van der Waals surface area (Å²) in [6.45, 7) is 5.49. The van der Waals surface area contributed by atoms with E-state index in [0.29, 0.717) is 18.1 Å². The second-order valence-electron chi connectivity index (χ2n) is 5.97. The summed E-state index contributed by atoms with van der Waals surface area (Å²) in [4.78, 5) is 27.2. The highest BCUT2D eigenvalue weighted by Crippen LogP contribution is 2.10. The van der Waals surface area contributed by atoms with Gasteiger partial charge in [0.05, 0.1) is 5.56 Å². The molecule has 7 nitrogen and oxygen atoms in total. The summed E-state index contributed by atoms with van der Waals surface area (Å²) >= 11 is 0. The van der Waals surface area contributed by atoms with Crippen molar-refractivity contribution < 1.29 is 4.79 Å². The predicted molar refractivity (Wildman–Crippen MR) is 87.2 cm³/mol. The minimum Gasteiger partial charge on any atom is -0.352 e. The fourth-order valence-electron chi connectivity index (χ4n) is 2.31.